The van der Waals surface area contributed by atoms with Crippen LogP contribution in [0.15, 0.2) is 16.7 Å². The summed E-state index contributed by atoms with van der Waals surface area (Å²) in [6.45, 7) is 0.687. The highest BCUT2D eigenvalue weighted by molar-refractivity contribution is 5.33. The molecule has 0 aliphatic heterocycles. The standard InChI is InChI=1S/C8H9NO/c1-3-7-4-5-10-8(7)6-9-2/h1,4-5,9H,6H2,2H3. The average Bonchev–Trinajstić information content (AvgIpc) is 2.36. The summed E-state index contributed by atoms with van der Waals surface area (Å²) < 4.78 is 5.09. The molecule has 0 radical (unpaired) electrons. The van der Waals surface area contributed by atoms with E-state index < -0.39 is 0 Å². The molecular weight excluding hydrogens is 126 g/mol. The first-order valence-corrected chi connectivity index (χ1v) is 3.06. The molecule has 0 amide bonds. The van der Waals surface area contributed by atoms with Crippen LogP contribution in [0.25, 0.3) is 0 Å². The summed E-state index contributed by atoms with van der Waals surface area (Å²) >= 11 is 0. The monoisotopic (exact) mass is 135 g/mol. The van der Waals surface area contributed by atoms with Crippen LogP contribution in [-0.4, -0.2) is 7.05 Å². The number of hydrogen-bond acceptors (Lipinski definition) is 2. The van der Waals surface area contributed by atoms with Gasteiger partial charge in [-0.2, -0.15) is 0 Å². The van der Waals surface area contributed by atoms with Gasteiger partial charge < -0.3 is 9.73 Å². The van der Waals surface area contributed by atoms with E-state index in [1.807, 2.05) is 7.05 Å². The van der Waals surface area contributed by atoms with Crippen LogP contribution in [0.2, 0.25) is 0 Å². The van der Waals surface area contributed by atoms with E-state index in [0.717, 1.165) is 11.3 Å². The molecule has 10 heavy (non-hydrogen) atoms. The maximum atomic E-state index is 5.19. The SMILES string of the molecule is C#Cc1ccoc1CNC. The lowest BCUT2D eigenvalue weighted by atomic mass is 10.2. The van der Waals surface area contributed by atoms with Gasteiger partial charge >= 0.3 is 0 Å². The topological polar surface area (TPSA) is 25.2 Å². The highest BCUT2D eigenvalue weighted by atomic mass is 16.3. The predicted molar refractivity (Wildman–Crippen MR) is 39.4 cm³/mol. The number of hydrogen-bond donors (Lipinski definition) is 1. The molecule has 0 aliphatic carbocycles. The molecule has 0 bridgehead atoms. The Hall–Kier alpha value is -1.20. The molecular formula is C8H9NO. The Bertz CT molecular complexity index is 244. The van der Waals surface area contributed by atoms with Gasteiger partial charge in [0, 0.05) is 0 Å². The summed E-state index contributed by atoms with van der Waals surface area (Å²) in [5.74, 6) is 3.35. The van der Waals surface area contributed by atoms with Gasteiger partial charge in [0.05, 0.1) is 18.4 Å². The molecule has 1 aromatic heterocycles. The fourth-order valence-corrected chi connectivity index (χ4v) is 0.767. The van der Waals surface area contributed by atoms with Gasteiger partial charge in [-0.1, -0.05) is 5.92 Å². The van der Waals surface area contributed by atoms with Crippen LogP contribution >= 0.6 is 0 Å². The fraction of sp³-hybridized carbons (Fsp3) is 0.250. The molecule has 0 saturated heterocycles. The van der Waals surface area contributed by atoms with Gasteiger partial charge in [-0.3, -0.25) is 0 Å². The maximum absolute atomic E-state index is 5.19. The predicted octanol–water partition coefficient (Wildman–Crippen LogP) is 0.980. The minimum Gasteiger partial charge on any atom is -0.467 e. The van der Waals surface area contributed by atoms with E-state index in [-0.39, 0.29) is 0 Å². The number of rotatable bonds is 2. The van der Waals surface area contributed by atoms with Crippen molar-refractivity contribution in [1.29, 1.82) is 0 Å². The van der Waals surface area contributed by atoms with E-state index in [1.165, 1.54) is 0 Å². The Morgan fingerprint density at radius 3 is 3.20 bits per heavy atom. The van der Waals surface area contributed by atoms with Crippen molar-refractivity contribution in [3.63, 3.8) is 0 Å². The highest BCUT2D eigenvalue weighted by Gasteiger charge is 1.99. The molecule has 0 saturated carbocycles. The molecule has 0 fully saturated rings. The van der Waals surface area contributed by atoms with Crippen molar-refractivity contribution in [3.05, 3.63) is 23.7 Å². The van der Waals surface area contributed by atoms with Crippen molar-refractivity contribution in [3.8, 4) is 12.3 Å². The van der Waals surface area contributed by atoms with Crippen LogP contribution in [-0.2, 0) is 6.54 Å². The summed E-state index contributed by atoms with van der Waals surface area (Å²) in [7, 11) is 1.85. The normalized spacial score (nSPS) is 9.20. The average molecular weight is 135 g/mol. The molecule has 2 nitrogen and oxygen atoms in total. The number of terminal acetylenes is 1. The van der Waals surface area contributed by atoms with E-state index in [4.69, 9.17) is 10.8 Å². The molecule has 1 aromatic rings. The van der Waals surface area contributed by atoms with E-state index in [2.05, 4.69) is 11.2 Å². The molecule has 0 spiro atoms. The van der Waals surface area contributed by atoms with Gasteiger partial charge in [0.25, 0.3) is 0 Å². The van der Waals surface area contributed by atoms with Crippen molar-refractivity contribution >= 4 is 0 Å². The van der Waals surface area contributed by atoms with Gasteiger partial charge in [-0.05, 0) is 13.1 Å². The van der Waals surface area contributed by atoms with Gasteiger partial charge in [-0.15, -0.1) is 6.42 Å². The van der Waals surface area contributed by atoms with Gasteiger partial charge in [0.15, 0.2) is 0 Å². The van der Waals surface area contributed by atoms with Crippen LogP contribution in [0.3, 0.4) is 0 Å². The Morgan fingerprint density at radius 2 is 2.60 bits per heavy atom. The Labute approximate surface area is 60.2 Å². The molecule has 0 aromatic carbocycles. The Morgan fingerprint density at radius 1 is 1.80 bits per heavy atom. The molecule has 0 aliphatic rings. The van der Waals surface area contributed by atoms with E-state index >= 15 is 0 Å². The molecule has 1 N–H and O–H groups in total. The van der Waals surface area contributed by atoms with Crippen molar-refractivity contribution in [1.82, 2.24) is 5.32 Å². The summed E-state index contributed by atoms with van der Waals surface area (Å²) in [5.41, 5.74) is 0.828. The van der Waals surface area contributed by atoms with Crippen molar-refractivity contribution < 1.29 is 4.42 Å². The maximum Gasteiger partial charge on any atom is 0.133 e. The third kappa shape index (κ3) is 1.20. The second kappa shape index (κ2) is 3.09. The first-order valence-electron chi connectivity index (χ1n) is 3.06. The summed E-state index contributed by atoms with van der Waals surface area (Å²) in [4.78, 5) is 0. The van der Waals surface area contributed by atoms with Crippen LogP contribution in [0.5, 0.6) is 0 Å². The molecule has 0 unspecified atom stereocenters. The summed E-state index contributed by atoms with van der Waals surface area (Å²) in [5, 5.41) is 2.96. The molecule has 1 heterocycles. The zero-order chi connectivity index (χ0) is 7.40. The first kappa shape index (κ1) is 6.91. The summed E-state index contributed by atoms with van der Waals surface area (Å²) in [6.07, 6.45) is 6.79. The zero-order valence-corrected chi connectivity index (χ0v) is 5.85. The van der Waals surface area contributed by atoms with Crippen LogP contribution in [0, 0.1) is 12.3 Å². The second-order valence-electron chi connectivity index (χ2n) is 1.93. The highest BCUT2D eigenvalue weighted by Crippen LogP contribution is 2.07. The minimum atomic E-state index is 0.687. The lowest BCUT2D eigenvalue weighted by molar-refractivity contribution is 0.494. The lowest BCUT2D eigenvalue weighted by Gasteiger charge is -1.93. The smallest absolute Gasteiger partial charge is 0.133 e. The third-order valence-electron chi connectivity index (χ3n) is 1.24. The van der Waals surface area contributed by atoms with E-state index in [9.17, 15) is 0 Å². The number of furan rings is 1. The van der Waals surface area contributed by atoms with Crippen molar-refractivity contribution in [2.45, 2.75) is 6.54 Å². The molecule has 0 atom stereocenters. The molecule has 2 heteroatoms. The van der Waals surface area contributed by atoms with Gasteiger partial charge in [-0.25, -0.2) is 0 Å². The van der Waals surface area contributed by atoms with Crippen molar-refractivity contribution in [2.75, 3.05) is 7.05 Å². The Kier molecular flexibility index (Phi) is 2.14. The quantitative estimate of drug-likeness (QED) is 0.611. The lowest BCUT2D eigenvalue weighted by Crippen LogP contribution is -2.04. The van der Waals surface area contributed by atoms with Crippen LogP contribution < -0.4 is 5.32 Å². The van der Waals surface area contributed by atoms with Gasteiger partial charge in [0.1, 0.15) is 5.76 Å². The Balaban J connectivity index is 2.82. The number of nitrogens with one attached hydrogen (secondary N) is 1. The fourth-order valence-electron chi connectivity index (χ4n) is 0.767. The van der Waals surface area contributed by atoms with E-state index in [0.29, 0.717) is 6.54 Å². The van der Waals surface area contributed by atoms with Crippen LogP contribution in [0.1, 0.15) is 11.3 Å². The van der Waals surface area contributed by atoms with Gasteiger partial charge in [0.2, 0.25) is 0 Å². The third-order valence-corrected chi connectivity index (χ3v) is 1.24. The molecule has 1 rings (SSSR count). The van der Waals surface area contributed by atoms with E-state index in [1.54, 1.807) is 12.3 Å². The van der Waals surface area contributed by atoms with Crippen LogP contribution in [0.4, 0.5) is 0 Å². The zero-order valence-electron chi connectivity index (χ0n) is 5.85. The summed E-state index contributed by atoms with van der Waals surface area (Å²) in [6, 6.07) is 1.78. The first-order chi connectivity index (χ1) is 4.88. The van der Waals surface area contributed by atoms with Crippen molar-refractivity contribution in [2.24, 2.45) is 0 Å². The second-order valence-corrected chi connectivity index (χ2v) is 1.93. The minimum absolute atomic E-state index is 0.687. The molecule has 52 valence electrons. The largest absolute Gasteiger partial charge is 0.467 e.